The molecule has 2 aromatic carbocycles. The Bertz CT molecular complexity index is 615. The molecule has 20 heavy (non-hydrogen) atoms. The molecule has 1 N–H and O–H groups in total. The zero-order chi connectivity index (χ0) is 14.1. The van der Waals surface area contributed by atoms with Crippen LogP contribution < -0.4 is 5.32 Å². The maximum absolute atomic E-state index is 3.60. The van der Waals surface area contributed by atoms with Gasteiger partial charge in [0.2, 0.25) is 0 Å². The zero-order valence-electron chi connectivity index (χ0n) is 12.6. The Balaban J connectivity index is 1.93. The second-order valence-electron chi connectivity index (χ2n) is 6.13. The van der Waals surface area contributed by atoms with Crippen molar-refractivity contribution in [2.45, 2.75) is 45.6 Å². The van der Waals surface area contributed by atoms with Crippen LogP contribution in [0.15, 0.2) is 42.5 Å². The van der Waals surface area contributed by atoms with Crippen LogP contribution in [0.1, 0.15) is 41.5 Å². The molecule has 0 saturated heterocycles. The molecule has 0 aliphatic carbocycles. The fraction of sp³-hybridized carbons (Fsp3) is 0.368. The smallest absolute Gasteiger partial charge is 0.0377 e. The number of hydrogen-bond acceptors (Lipinski definition) is 1. The molecule has 0 aromatic heterocycles. The summed E-state index contributed by atoms with van der Waals surface area (Å²) in [6.45, 7) is 6.74. The highest BCUT2D eigenvalue weighted by molar-refractivity contribution is 5.56. The van der Waals surface area contributed by atoms with Crippen LogP contribution in [0.3, 0.4) is 0 Å². The third-order valence-corrected chi connectivity index (χ3v) is 4.62. The molecule has 104 valence electrons. The van der Waals surface area contributed by atoms with E-state index in [1.165, 1.54) is 34.4 Å². The molecule has 1 heterocycles. The molecule has 2 unspecified atom stereocenters. The van der Waals surface area contributed by atoms with Crippen molar-refractivity contribution < 1.29 is 0 Å². The Labute approximate surface area is 122 Å². The summed E-state index contributed by atoms with van der Waals surface area (Å²) in [5.41, 5.74) is 7.15. The standard InChI is InChI=1S/C19H23N/c1-13-7-6-8-16(15(13)3)12-17-11-14(2)20-19-10-5-4-9-18(17)19/h4-10,14,17,20H,11-12H2,1-3H3. The van der Waals surface area contributed by atoms with Gasteiger partial charge in [0.25, 0.3) is 0 Å². The van der Waals surface area contributed by atoms with Gasteiger partial charge in [-0.15, -0.1) is 0 Å². The summed E-state index contributed by atoms with van der Waals surface area (Å²) >= 11 is 0. The van der Waals surface area contributed by atoms with Gasteiger partial charge in [0.05, 0.1) is 0 Å². The molecule has 2 aromatic rings. The fourth-order valence-electron chi connectivity index (χ4n) is 3.35. The maximum Gasteiger partial charge on any atom is 0.0377 e. The summed E-state index contributed by atoms with van der Waals surface area (Å²) in [7, 11) is 0. The lowest BCUT2D eigenvalue weighted by Gasteiger charge is -2.32. The first kappa shape index (κ1) is 13.2. The van der Waals surface area contributed by atoms with Crippen LogP contribution >= 0.6 is 0 Å². The lowest BCUT2D eigenvalue weighted by atomic mass is 9.82. The average molecular weight is 265 g/mol. The van der Waals surface area contributed by atoms with Gasteiger partial charge in [-0.25, -0.2) is 0 Å². The molecule has 0 fully saturated rings. The minimum atomic E-state index is 0.556. The van der Waals surface area contributed by atoms with Crippen LogP contribution in [0.2, 0.25) is 0 Å². The first-order valence-corrected chi connectivity index (χ1v) is 7.55. The Morgan fingerprint density at radius 1 is 1.05 bits per heavy atom. The summed E-state index contributed by atoms with van der Waals surface area (Å²) in [6.07, 6.45) is 2.36. The quantitative estimate of drug-likeness (QED) is 0.819. The number of aryl methyl sites for hydroxylation is 1. The number of benzene rings is 2. The lowest BCUT2D eigenvalue weighted by Crippen LogP contribution is -2.26. The first-order chi connectivity index (χ1) is 9.65. The van der Waals surface area contributed by atoms with E-state index >= 15 is 0 Å². The van der Waals surface area contributed by atoms with Gasteiger partial charge in [0.1, 0.15) is 0 Å². The number of nitrogens with one attached hydrogen (secondary N) is 1. The van der Waals surface area contributed by atoms with Crippen molar-refractivity contribution in [2.75, 3.05) is 5.32 Å². The second-order valence-corrected chi connectivity index (χ2v) is 6.13. The highest BCUT2D eigenvalue weighted by Crippen LogP contribution is 2.36. The predicted octanol–water partition coefficient (Wildman–Crippen LogP) is 4.83. The van der Waals surface area contributed by atoms with E-state index in [1.54, 1.807) is 0 Å². The number of para-hydroxylation sites is 1. The van der Waals surface area contributed by atoms with E-state index in [0.717, 1.165) is 6.42 Å². The van der Waals surface area contributed by atoms with Crippen molar-refractivity contribution in [3.63, 3.8) is 0 Å². The summed E-state index contributed by atoms with van der Waals surface area (Å²) in [6, 6.07) is 16.0. The molecule has 1 aliphatic heterocycles. The monoisotopic (exact) mass is 265 g/mol. The van der Waals surface area contributed by atoms with E-state index in [1.807, 2.05) is 0 Å². The van der Waals surface area contributed by atoms with Gasteiger partial charge in [-0.1, -0.05) is 36.4 Å². The fourth-order valence-corrected chi connectivity index (χ4v) is 3.35. The molecule has 2 atom stereocenters. The number of rotatable bonds is 2. The predicted molar refractivity (Wildman–Crippen MR) is 86.5 cm³/mol. The molecule has 0 bridgehead atoms. The molecule has 1 heteroatoms. The van der Waals surface area contributed by atoms with Crippen LogP contribution in [-0.4, -0.2) is 6.04 Å². The second kappa shape index (κ2) is 5.32. The van der Waals surface area contributed by atoms with E-state index < -0.39 is 0 Å². The third kappa shape index (κ3) is 2.45. The van der Waals surface area contributed by atoms with Gasteiger partial charge in [-0.05, 0) is 67.9 Å². The summed E-state index contributed by atoms with van der Waals surface area (Å²) in [5.74, 6) is 0.628. The highest BCUT2D eigenvalue weighted by atomic mass is 14.9. The zero-order valence-corrected chi connectivity index (χ0v) is 12.6. The van der Waals surface area contributed by atoms with Crippen LogP contribution in [0, 0.1) is 13.8 Å². The van der Waals surface area contributed by atoms with Crippen molar-refractivity contribution in [2.24, 2.45) is 0 Å². The van der Waals surface area contributed by atoms with Gasteiger partial charge in [0, 0.05) is 11.7 Å². The first-order valence-electron chi connectivity index (χ1n) is 7.55. The molecule has 0 radical (unpaired) electrons. The number of fused-ring (bicyclic) bond motifs is 1. The van der Waals surface area contributed by atoms with E-state index in [0.29, 0.717) is 12.0 Å². The highest BCUT2D eigenvalue weighted by Gasteiger charge is 2.24. The minimum Gasteiger partial charge on any atom is -0.382 e. The van der Waals surface area contributed by atoms with E-state index in [4.69, 9.17) is 0 Å². The van der Waals surface area contributed by atoms with Crippen molar-refractivity contribution in [1.82, 2.24) is 0 Å². The van der Waals surface area contributed by atoms with Gasteiger partial charge >= 0.3 is 0 Å². The van der Waals surface area contributed by atoms with Crippen molar-refractivity contribution in [1.29, 1.82) is 0 Å². The number of hydrogen-bond donors (Lipinski definition) is 1. The molecule has 1 aliphatic rings. The number of anilines is 1. The molecule has 3 rings (SSSR count). The molecule has 0 saturated carbocycles. The normalized spacial score (nSPS) is 21.1. The molecule has 1 nitrogen and oxygen atoms in total. The maximum atomic E-state index is 3.60. The van der Waals surface area contributed by atoms with Gasteiger partial charge in [-0.3, -0.25) is 0 Å². The Hall–Kier alpha value is -1.76. The molecule has 0 amide bonds. The summed E-state index contributed by atoms with van der Waals surface area (Å²) in [4.78, 5) is 0. The molecule has 0 spiro atoms. The third-order valence-electron chi connectivity index (χ3n) is 4.62. The van der Waals surface area contributed by atoms with Crippen LogP contribution in [-0.2, 0) is 6.42 Å². The van der Waals surface area contributed by atoms with Gasteiger partial charge in [0.15, 0.2) is 0 Å². The average Bonchev–Trinajstić information content (AvgIpc) is 2.43. The van der Waals surface area contributed by atoms with Crippen molar-refractivity contribution in [3.8, 4) is 0 Å². The SMILES string of the molecule is Cc1cccc(CC2CC(C)Nc3ccccc32)c1C. The topological polar surface area (TPSA) is 12.0 Å². The van der Waals surface area contributed by atoms with Crippen LogP contribution in [0.25, 0.3) is 0 Å². The molecular weight excluding hydrogens is 242 g/mol. The van der Waals surface area contributed by atoms with Gasteiger partial charge in [-0.2, -0.15) is 0 Å². The Morgan fingerprint density at radius 3 is 2.70 bits per heavy atom. The van der Waals surface area contributed by atoms with E-state index in [2.05, 4.69) is 68.6 Å². The summed E-state index contributed by atoms with van der Waals surface area (Å²) < 4.78 is 0. The Morgan fingerprint density at radius 2 is 1.85 bits per heavy atom. The van der Waals surface area contributed by atoms with Crippen molar-refractivity contribution in [3.05, 3.63) is 64.7 Å². The Kier molecular flexibility index (Phi) is 3.52. The van der Waals surface area contributed by atoms with Crippen LogP contribution in [0.5, 0.6) is 0 Å². The minimum absolute atomic E-state index is 0.556. The summed E-state index contributed by atoms with van der Waals surface area (Å²) in [5, 5.41) is 3.60. The van der Waals surface area contributed by atoms with E-state index in [9.17, 15) is 0 Å². The van der Waals surface area contributed by atoms with Crippen molar-refractivity contribution >= 4 is 5.69 Å². The molecular formula is C19H23N. The lowest BCUT2D eigenvalue weighted by molar-refractivity contribution is 0.550. The van der Waals surface area contributed by atoms with Gasteiger partial charge < -0.3 is 5.32 Å². The van der Waals surface area contributed by atoms with Crippen LogP contribution in [0.4, 0.5) is 5.69 Å². The van der Waals surface area contributed by atoms with E-state index in [-0.39, 0.29) is 0 Å². The largest absolute Gasteiger partial charge is 0.382 e.